The third-order valence-electron chi connectivity index (χ3n) is 2.88. The number of benzene rings is 2. The molecule has 5 heteroatoms. The van der Waals surface area contributed by atoms with Crippen LogP contribution in [-0.4, -0.2) is 14.2 Å². The van der Waals surface area contributed by atoms with Crippen LogP contribution in [0.1, 0.15) is 5.56 Å². The molecule has 0 atom stereocenters. The van der Waals surface area contributed by atoms with E-state index in [0.29, 0.717) is 11.6 Å². The zero-order chi connectivity index (χ0) is 14.5. The maximum absolute atomic E-state index is 6.01. The van der Waals surface area contributed by atoms with Gasteiger partial charge < -0.3 is 14.8 Å². The van der Waals surface area contributed by atoms with E-state index in [-0.39, 0.29) is 0 Å². The lowest BCUT2D eigenvalue weighted by Gasteiger charge is -2.12. The molecule has 0 saturated heterocycles. The van der Waals surface area contributed by atoms with E-state index in [0.717, 1.165) is 27.2 Å². The summed E-state index contributed by atoms with van der Waals surface area (Å²) in [7, 11) is 3.29. The van der Waals surface area contributed by atoms with Gasteiger partial charge in [-0.25, -0.2) is 0 Å². The van der Waals surface area contributed by atoms with Crippen LogP contribution in [0, 0.1) is 0 Å². The fourth-order valence-electron chi connectivity index (χ4n) is 1.85. The molecule has 0 aliphatic rings. The topological polar surface area (TPSA) is 30.5 Å². The van der Waals surface area contributed by atoms with Crippen LogP contribution in [0.5, 0.6) is 11.5 Å². The summed E-state index contributed by atoms with van der Waals surface area (Å²) in [6, 6.07) is 11.4. The molecule has 0 bridgehead atoms. The number of hydrogen-bond acceptors (Lipinski definition) is 3. The second kappa shape index (κ2) is 6.86. The van der Waals surface area contributed by atoms with E-state index in [9.17, 15) is 0 Å². The number of ether oxygens (including phenoxy) is 2. The summed E-state index contributed by atoms with van der Waals surface area (Å²) in [6.07, 6.45) is 0. The molecule has 20 heavy (non-hydrogen) atoms. The maximum atomic E-state index is 6.01. The second-order valence-electron chi connectivity index (χ2n) is 4.16. The lowest BCUT2D eigenvalue weighted by atomic mass is 10.2. The molecule has 3 nitrogen and oxygen atoms in total. The summed E-state index contributed by atoms with van der Waals surface area (Å²) < 4.78 is 11.5. The van der Waals surface area contributed by atoms with E-state index in [2.05, 4.69) is 21.2 Å². The molecule has 0 unspecified atom stereocenters. The van der Waals surface area contributed by atoms with E-state index in [1.165, 1.54) is 0 Å². The largest absolute Gasteiger partial charge is 0.496 e. The number of nitrogens with one attached hydrogen (secondary N) is 1. The van der Waals surface area contributed by atoms with Gasteiger partial charge in [0.1, 0.15) is 11.5 Å². The lowest BCUT2D eigenvalue weighted by Crippen LogP contribution is -2.02. The number of anilines is 1. The molecule has 2 aromatic carbocycles. The van der Waals surface area contributed by atoms with Gasteiger partial charge in [0.05, 0.1) is 18.7 Å². The van der Waals surface area contributed by atoms with Crippen molar-refractivity contribution in [1.82, 2.24) is 0 Å². The fraction of sp³-hybridized carbons (Fsp3) is 0.200. The minimum absolute atomic E-state index is 0.620. The van der Waals surface area contributed by atoms with Crippen molar-refractivity contribution in [1.29, 1.82) is 0 Å². The van der Waals surface area contributed by atoms with Crippen molar-refractivity contribution in [2.45, 2.75) is 6.54 Å². The third kappa shape index (κ3) is 3.58. The third-order valence-corrected chi connectivity index (χ3v) is 3.77. The van der Waals surface area contributed by atoms with Gasteiger partial charge in [-0.2, -0.15) is 0 Å². The Morgan fingerprint density at radius 2 is 1.80 bits per heavy atom. The van der Waals surface area contributed by atoms with E-state index in [4.69, 9.17) is 21.1 Å². The van der Waals surface area contributed by atoms with E-state index >= 15 is 0 Å². The van der Waals surface area contributed by atoms with Gasteiger partial charge in [0.25, 0.3) is 0 Å². The molecule has 0 heterocycles. The van der Waals surface area contributed by atoms with Gasteiger partial charge in [0.15, 0.2) is 0 Å². The Bertz CT molecular complexity index is 604. The van der Waals surface area contributed by atoms with E-state index in [1.54, 1.807) is 14.2 Å². The first kappa shape index (κ1) is 15.0. The van der Waals surface area contributed by atoms with Crippen LogP contribution in [-0.2, 0) is 6.54 Å². The van der Waals surface area contributed by atoms with Crippen LogP contribution in [0.3, 0.4) is 0 Å². The van der Waals surface area contributed by atoms with Gasteiger partial charge in [-0.1, -0.05) is 11.6 Å². The Morgan fingerprint density at radius 3 is 2.50 bits per heavy atom. The smallest absolute Gasteiger partial charge is 0.135 e. The molecule has 0 saturated carbocycles. The summed E-state index contributed by atoms with van der Waals surface area (Å²) in [5.74, 6) is 1.60. The van der Waals surface area contributed by atoms with E-state index in [1.807, 2.05) is 36.4 Å². The molecule has 0 aliphatic heterocycles. The Hall–Kier alpha value is -1.39. The lowest BCUT2D eigenvalue weighted by molar-refractivity contribution is 0.410. The van der Waals surface area contributed by atoms with Gasteiger partial charge in [0.2, 0.25) is 0 Å². The Kier molecular flexibility index (Phi) is 5.15. The molecule has 106 valence electrons. The number of hydrogen-bond donors (Lipinski definition) is 1. The highest BCUT2D eigenvalue weighted by molar-refractivity contribution is 9.10. The van der Waals surface area contributed by atoms with Crippen molar-refractivity contribution < 1.29 is 9.47 Å². The average Bonchev–Trinajstić information content (AvgIpc) is 2.46. The summed E-state index contributed by atoms with van der Waals surface area (Å²) in [4.78, 5) is 0. The van der Waals surface area contributed by atoms with Crippen molar-refractivity contribution in [3.8, 4) is 11.5 Å². The molecule has 0 spiro atoms. The molecule has 0 fully saturated rings. The SMILES string of the molecule is COc1cc(NCc2cc(Cl)ccc2OC)ccc1Br. The quantitative estimate of drug-likeness (QED) is 0.840. The maximum Gasteiger partial charge on any atom is 0.135 e. The fourth-order valence-corrected chi connectivity index (χ4v) is 2.46. The zero-order valence-corrected chi connectivity index (χ0v) is 13.6. The molecule has 0 radical (unpaired) electrons. The molecule has 0 aromatic heterocycles. The molecule has 0 aliphatic carbocycles. The second-order valence-corrected chi connectivity index (χ2v) is 5.45. The first-order valence-corrected chi connectivity index (χ1v) is 7.21. The number of methoxy groups -OCH3 is 2. The van der Waals surface area contributed by atoms with Crippen LogP contribution in [0.25, 0.3) is 0 Å². The van der Waals surface area contributed by atoms with Gasteiger partial charge in [-0.3, -0.25) is 0 Å². The predicted molar refractivity (Wildman–Crippen MR) is 86.0 cm³/mol. The van der Waals surface area contributed by atoms with Crippen LogP contribution in [0.15, 0.2) is 40.9 Å². The van der Waals surface area contributed by atoms with Crippen molar-refractivity contribution in [3.05, 3.63) is 51.5 Å². The van der Waals surface area contributed by atoms with E-state index < -0.39 is 0 Å². The summed E-state index contributed by atoms with van der Waals surface area (Å²) in [5, 5.41) is 4.02. The predicted octanol–water partition coefficient (Wildman–Crippen LogP) is 4.73. The average molecular weight is 357 g/mol. The van der Waals surface area contributed by atoms with Crippen LogP contribution in [0.2, 0.25) is 5.02 Å². The van der Waals surface area contributed by atoms with Crippen molar-refractivity contribution in [2.75, 3.05) is 19.5 Å². The summed E-state index contributed by atoms with van der Waals surface area (Å²) in [5.41, 5.74) is 1.97. The molecule has 2 aromatic rings. The highest BCUT2D eigenvalue weighted by Gasteiger charge is 2.05. The van der Waals surface area contributed by atoms with Gasteiger partial charge in [0, 0.05) is 28.9 Å². The number of rotatable bonds is 5. The highest BCUT2D eigenvalue weighted by Crippen LogP contribution is 2.29. The zero-order valence-electron chi connectivity index (χ0n) is 11.2. The molecular weight excluding hydrogens is 342 g/mol. The normalized spacial score (nSPS) is 10.2. The van der Waals surface area contributed by atoms with Gasteiger partial charge in [-0.15, -0.1) is 0 Å². The van der Waals surface area contributed by atoms with Crippen molar-refractivity contribution in [2.24, 2.45) is 0 Å². The first-order valence-electron chi connectivity index (χ1n) is 6.04. The molecular formula is C15H15BrClNO2. The minimum Gasteiger partial charge on any atom is -0.496 e. The first-order chi connectivity index (χ1) is 9.63. The minimum atomic E-state index is 0.620. The highest BCUT2D eigenvalue weighted by atomic mass is 79.9. The monoisotopic (exact) mass is 355 g/mol. The Labute approximate surface area is 132 Å². The van der Waals surface area contributed by atoms with Gasteiger partial charge >= 0.3 is 0 Å². The standard InChI is InChI=1S/C15H15BrClNO2/c1-19-14-6-3-11(17)7-10(14)9-18-12-4-5-13(16)15(8-12)20-2/h3-8,18H,9H2,1-2H3. The van der Waals surface area contributed by atoms with Crippen LogP contribution < -0.4 is 14.8 Å². The Balaban J connectivity index is 2.14. The summed E-state index contributed by atoms with van der Waals surface area (Å²) in [6.45, 7) is 0.620. The van der Waals surface area contributed by atoms with Crippen molar-refractivity contribution in [3.63, 3.8) is 0 Å². The molecule has 2 rings (SSSR count). The summed E-state index contributed by atoms with van der Waals surface area (Å²) >= 11 is 9.44. The van der Waals surface area contributed by atoms with Crippen molar-refractivity contribution >= 4 is 33.2 Å². The van der Waals surface area contributed by atoms with Crippen LogP contribution in [0.4, 0.5) is 5.69 Å². The number of halogens is 2. The van der Waals surface area contributed by atoms with Crippen LogP contribution >= 0.6 is 27.5 Å². The van der Waals surface area contributed by atoms with Gasteiger partial charge in [-0.05, 0) is 46.3 Å². The Morgan fingerprint density at radius 1 is 1.05 bits per heavy atom. The molecule has 0 amide bonds. The molecule has 1 N–H and O–H groups in total.